The number of ether oxygens (including phenoxy) is 1. The zero-order valence-corrected chi connectivity index (χ0v) is 20.1. The topological polar surface area (TPSA) is 66.8 Å². The molecule has 0 aliphatic heterocycles. The highest BCUT2D eigenvalue weighted by molar-refractivity contribution is 5.69. The van der Waals surface area contributed by atoms with Crippen molar-refractivity contribution in [2.45, 2.75) is 129 Å². The second-order valence-corrected chi connectivity index (χ2v) is 9.73. The van der Waals surface area contributed by atoms with Gasteiger partial charge in [-0.3, -0.25) is 4.79 Å². The Hall–Kier alpha value is -0.870. The molecule has 30 heavy (non-hydrogen) atoms. The van der Waals surface area contributed by atoms with E-state index in [2.05, 4.69) is 26.8 Å². The van der Waals surface area contributed by atoms with E-state index in [0.717, 1.165) is 64.2 Å². The van der Waals surface area contributed by atoms with Crippen molar-refractivity contribution in [2.75, 3.05) is 6.61 Å². The van der Waals surface area contributed by atoms with Crippen molar-refractivity contribution < 1.29 is 19.7 Å². The van der Waals surface area contributed by atoms with E-state index in [1.165, 1.54) is 18.4 Å². The van der Waals surface area contributed by atoms with Crippen LogP contribution in [-0.4, -0.2) is 34.5 Å². The molecule has 4 nitrogen and oxygen atoms in total. The summed E-state index contributed by atoms with van der Waals surface area (Å²) in [6, 6.07) is 0. The average Bonchev–Trinajstić information content (AvgIpc) is 3.02. The van der Waals surface area contributed by atoms with Gasteiger partial charge in [-0.05, 0) is 57.8 Å². The zero-order chi connectivity index (χ0) is 22.4. The van der Waals surface area contributed by atoms with Gasteiger partial charge in [0.15, 0.2) is 0 Å². The maximum Gasteiger partial charge on any atom is 0.305 e. The van der Waals surface area contributed by atoms with Gasteiger partial charge in [0.2, 0.25) is 0 Å². The molecule has 176 valence electrons. The first-order valence-corrected chi connectivity index (χ1v) is 12.6. The van der Waals surface area contributed by atoms with E-state index in [4.69, 9.17) is 4.74 Å². The molecule has 3 atom stereocenters. The molecule has 1 saturated carbocycles. The predicted molar refractivity (Wildman–Crippen MR) is 124 cm³/mol. The fourth-order valence-electron chi connectivity index (χ4n) is 4.87. The van der Waals surface area contributed by atoms with Crippen LogP contribution in [0.2, 0.25) is 0 Å². The molecule has 1 fully saturated rings. The summed E-state index contributed by atoms with van der Waals surface area (Å²) in [6.45, 7) is 8.86. The Balaban J connectivity index is 2.49. The zero-order valence-electron chi connectivity index (χ0n) is 20.1. The van der Waals surface area contributed by atoms with Crippen molar-refractivity contribution in [3.63, 3.8) is 0 Å². The molecular formula is C26H48O4. The van der Waals surface area contributed by atoms with Gasteiger partial charge in [-0.25, -0.2) is 0 Å². The molecule has 0 bridgehead atoms. The van der Waals surface area contributed by atoms with Crippen molar-refractivity contribution in [1.82, 2.24) is 0 Å². The molecule has 1 aliphatic rings. The molecule has 4 heteroatoms. The van der Waals surface area contributed by atoms with E-state index in [1.54, 1.807) is 0 Å². The summed E-state index contributed by atoms with van der Waals surface area (Å²) in [5.74, 6) is 0.630. The van der Waals surface area contributed by atoms with E-state index in [-0.39, 0.29) is 18.0 Å². The van der Waals surface area contributed by atoms with Gasteiger partial charge in [0.05, 0.1) is 18.3 Å². The summed E-state index contributed by atoms with van der Waals surface area (Å²) in [5.41, 5.74) is 0.744. The predicted octanol–water partition coefficient (Wildman–Crippen LogP) is 6.34. The Bertz CT molecular complexity index is 499. The number of hydrogen-bond acceptors (Lipinski definition) is 4. The lowest BCUT2D eigenvalue weighted by atomic mass is 9.83. The van der Waals surface area contributed by atoms with Gasteiger partial charge in [-0.1, -0.05) is 70.9 Å². The van der Waals surface area contributed by atoms with Crippen LogP contribution >= 0.6 is 0 Å². The van der Waals surface area contributed by atoms with Gasteiger partial charge in [0.25, 0.3) is 0 Å². The molecule has 0 spiro atoms. The third kappa shape index (κ3) is 10.9. The number of carbonyl (C=O) groups is 1. The molecule has 0 radical (unpaired) electrons. The molecule has 2 N–H and O–H groups in total. The van der Waals surface area contributed by atoms with Gasteiger partial charge in [-0.15, -0.1) is 0 Å². The standard InChI is InChI=1S/C26H48O4/c1-5-7-12-18-26(29,20-21(3)4)19-17-22-15-16-24(27)23(22)13-10-8-9-11-14-25(28)30-6-2/h17,21,23-24,27,29H,5-16,18-20H2,1-4H3/t23-,24-,26?/m1/s1. The summed E-state index contributed by atoms with van der Waals surface area (Å²) >= 11 is 0. The minimum absolute atomic E-state index is 0.0956. The lowest BCUT2D eigenvalue weighted by molar-refractivity contribution is -0.143. The largest absolute Gasteiger partial charge is 0.466 e. The number of aliphatic hydroxyl groups is 2. The Kier molecular flexibility index (Phi) is 13.6. The SMILES string of the molecule is CCCCCC(O)(CC=C1CC[C@@H](O)[C@@H]1CCCCCCC(=O)OCC)CC(C)C. The number of aliphatic hydroxyl groups excluding tert-OH is 1. The molecule has 0 amide bonds. The van der Waals surface area contributed by atoms with E-state index in [1.807, 2.05) is 6.92 Å². The third-order valence-corrected chi connectivity index (χ3v) is 6.40. The van der Waals surface area contributed by atoms with E-state index >= 15 is 0 Å². The highest BCUT2D eigenvalue weighted by Crippen LogP contribution is 2.37. The number of carbonyl (C=O) groups excluding carboxylic acids is 1. The summed E-state index contributed by atoms with van der Waals surface area (Å²) in [7, 11) is 0. The lowest BCUT2D eigenvalue weighted by Crippen LogP contribution is -2.30. The Morgan fingerprint density at radius 2 is 1.90 bits per heavy atom. The highest BCUT2D eigenvalue weighted by atomic mass is 16.5. The lowest BCUT2D eigenvalue weighted by Gasteiger charge is -2.30. The molecule has 1 rings (SSSR count). The molecule has 0 saturated heterocycles. The Morgan fingerprint density at radius 3 is 2.57 bits per heavy atom. The van der Waals surface area contributed by atoms with Crippen LogP contribution in [0, 0.1) is 11.8 Å². The summed E-state index contributed by atoms with van der Waals surface area (Å²) in [5, 5.41) is 21.7. The van der Waals surface area contributed by atoms with E-state index in [9.17, 15) is 15.0 Å². The molecule has 0 aromatic rings. The van der Waals surface area contributed by atoms with Gasteiger partial charge in [-0.2, -0.15) is 0 Å². The van der Waals surface area contributed by atoms with Gasteiger partial charge in [0.1, 0.15) is 0 Å². The van der Waals surface area contributed by atoms with Crippen LogP contribution in [0.15, 0.2) is 11.6 Å². The minimum atomic E-state index is -0.610. The summed E-state index contributed by atoms with van der Waals surface area (Å²) < 4.78 is 4.97. The van der Waals surface area contributed by atoms with Crippen LogP contribution in [0.1, 0.15) is 118 Å². The van der Waals surface area contributed by atoms with Crippen LogP contribution in [-0.2, 0) is 9.53 Å². The number of unbranched alkanes of at least 4 members (excludes halogenated alkanes) is 5. The van der Waals surface area contributed by atoms with E-state index < -0.39 is 5.60 Å². The van der Waals surface area contributed by atoms with Gasteiger partial charge >= 0.3 is 5.97 Å². The Labute approximate surface area is 185 Å². The van der Waals surface area contributed by atoms with Crippen molar-refractivity contribution in [3.05, 3.63) is 11.6 Å². The third-order valence-electron chi connectivity index (χ3n) is 6.40. The fourth-order valence-corrected chi connectivity index (χ4v) is 4.87. The van der Waals surface area contributed by atoms with Crippen molar-refractivity contribution in [3.8, 4) is 0 Å². The number of rotatable bonds is 16. The van der Waals surface area contributed by atoms with Gasteiger partial charge in [0, 0.05) is 12.3 Å². The maximum atomic E-state index is 11.4. The normalized spacial score (nSPS) is 22.6. The first-order chi connectivity index (χ1) is 14.3. The van der Waals surface area contributed by atoms with E-state index in [0.29, 0.717) is 25.4 Å². The average molecular weight is 425 g/mol. The highest BCUT2D eigenvalue weighted by Gasteiger charge is 2.31. The first-order valence-electron chi connectivity index (χ1n) is 12.6. The quantitative estimate of drug-likeness (QED) is 0.172. The van der Waals surface area contributed by atoms with Gasteiger partial charge < -0.3 is 14.9 Å². The maximum absolute atomic E-state index is 11.4. The molecule has 0 aromatic carbocycles. The second-order valence-electron chi connectivity index (χ2n) is 9.73. The number of hydrogen-bond donors (Lipinski definition) is 2. The molecule has 1 unspecified atom stereocenters. The van der Waals surface area contributed by atoms with Crippen LogP contribution in [0.25, 0.3) is 0 Å². The first kappa shape index (κ1) is 27.2. The fraction of sp³-hybridized carbons (Fsp3) is 0.885. The van der Waals surface area contributed by atoms with Crippen molar-refractivity contribution in [1.29, 1.82) is 0 Å². The molecular weight excluding hydrogens is 376 g/mol. The van der Waals surface area contributed by atoms with Crippen molar-refractivity contribution in [2.24, 2.45) is 11.8 Å². The van der Waals surface area contributed by atoms with Crippen molar-refractivity contribution >= 4 is 5.97 Å². The molecule has 0 heterocycles. The monoisotopic (exact) mass is 424 g/mol. The minimum Gasteiger partial charge on any atom is -0.466 e. The summed E-state index contributed by atoms with van der Waals surface area (Å²) in [6.07, 6.45) is 15.3. The van der Waals surface area contributed by atoms with Crippen LogP contribution < -0.4 is 0 Å². The second kappa shape index (κ2) is 15.0. The summed E-state index contributed by atoms with van der Waals surface area (Å²) in [4.78, 5) is 11.4. The van der Waals surface area contributed by atoms with Crippen LogP contribution in [0.5, 0.6) is 0 Å². The van der Waals surface area contributed by atoms with Crippen LogP contribution in [0.4, 0.5) is 0 Å². The smallest absolute Gasteiger partial charge is 0.305 e. The molecule has 0 aromatic heterocycles. The number of esters is 1. The van der Waals surface area contributed by atoms with Crippen LogP contribution in [0.3, 0.4) is 0 Å². The Morgan fingerprint density at radius 1 is 1.17 bits per heavy atom. The molecule has 1 aliphatic carbocycles.